The number of nitrogens with one attached hydrogen (secondary N) is 1. The zero-order valence-electron chi connectivity index (χ0n) is 17.0. The van der Waals surface area contributed by atoms with E-state index in [0.717, 1.165) is 0 Å². The molecular weight excluding hydrogens is 384 g/mol. The van der Waals surface area contributed by atoms with Crippen molar-refractivity contribution >= 4 is 22.0 Å². The van der Waals surface area contributed by atoms with Crippen LogP contribution in [-0.2, 0) is 19.6 Å². The fraction of sp³-hybridized carbons (Fsp3) is 0.889. The third-order valence-electron chi connectivity index (χ3n) is 6.11. The van der Waals surface area contributed by atoms with Crippen LogP contribution in [0.5, 0.6) is 0 Å². The molecule has 0 aromatic carbocycles. The Labute approximate surface area is 167 Å². The molecule has 3 aliphatic heterocycles. The van der Waals surface area contributed by atoms with E-state index in [-0.39, 0.29) is 18.0 Å². The summed E-state index contributed by atoms with van der Waals surface area (Å²) < 4.78 is 31.6. The fourth-order valence-corrected chi connectivity index (χ4v) is 5.91. The van der Waals surface area contributed by atoms with Gasteiger partial charge in [-0.3, -0.25) is 4.79 Å². The molecule has 0 unspecified atom stereocenters. The maximum atomic E-state index is 13.6. The molecule has 0 aliphatic carbocycles. The number of morpholine rings is 1. The smallest absolute Gasteiger partial charge is 0.317 e. The summed E-state index contributed by atoms with van der Waals surface area (Å²) in [4.78, 5) is 29.6. The molecule has 0 radical (unpaired) electrons. The monoisotopic (exact) mass is 416 g/mol. The zero-order chi connectivity index (χ0) is 20.5. The number of hydrogen-bond acceptors (Lipinski definition) is 5. The van der Waals surface area contributed by atoms with Crippen LogP contribution in [0.4, 0.5) is 4.79 Å². The molecule has 28 heavy (non-hydrogen) atoms. The molecule has 3 aliphatic rings. The van der Waals surface area contributed by atoms with Crippen LogP contribution >= 0.6 is 0 Å². The number of carbonyl (C=O) groups is 2. The third-order valence-corrected chi connectivity index (χ3v) is 7.40. The van der Waals surface area contributed by atoms with Crippen molar-refractivity contribution < 1.29 is 22.7 Å². The Balaban J connectivity index is 1.88. The molecule has 3 heterocycles. The number of urea groups is 1. The van der Waals surface area contributed by atoms with Crippen LogP contribution in [0.15, 0.2) is 0 Å². The number of hydrogen-bond donors (Lipinski definition) is 1. The number of amides is 3. The minimum atomic E-state index is -3.43. The van der Waals surface area contributed by atoms with Crippen molar-refractivity contribution in [1.29, 1.82) is 0 Å². The van der Waals surface area contributed by atoms with Crippen molar-refractivity contribution in [3.05, 3.63) is 0 Å². The molecule has 3 rings (SSSR count). The number of fused-ring (bicyclic) bond motifs is 1. The van der Waals surface area contributed by atoms with Gasteiger partial charge in [-0.1, -0.05) is 0 Å². The normalized spacial score (nSPS) is 29.5. The van der Waals surface area contributed by atoms with Crippen molar-refractivity contribution in [3.8, 4) is 0 Å². The molecule has 0 spiro atoms. The standard InChI is InChI=1S/C18H32N4O5S/c1-14(2)19-17(24)21-7-4-15-18(5-8-21,6-9-22(15)28(3,25)26)16(23)20-10-12-27-13-11-20/h14-15H,4-13H2,1-3H3,(H,19,24)/t15-,18-/m0/s1. The summed E-state index contributed by atoms with van der Waals surface area (Å²) in [5.41, 5.74) is -0.771. The largest absolute Gasteiger partial charge is 0.378 e. The second kappa shape index (κ2) is 8.16. The van der Waals surface area contributed by atoms with E-state index in [1.165, 1.54) is 10.6 Å². The van der Waals surface area contributed by atoms with Crippen LogP contribution in [-0.4, -0.2) is 98.7 Å². The van der Waals surface area contributed by atoms with Gasteiger partial charge in [0.05, 0.1) is 24.9 Å². The van der Waals surface area contributed by atoms with Gasteiger partial charge in [-0.2, -0.15) is 4.31 Å². The molecule has 0 aromatic rings. The summed E-state index contributed by atoms with van der Waals surface area (Å²) in [6.45, 7) is 7.12. The number of likely N-dealkylation sites (tertiary alicyclic amines) is 1. The SMILES string of the molecule is CC(C)NC(=O)N1CC[C@@H]2N(S(C)(=O)=O)CC[C@@]2(C(=O)N2CCOCC2)CC1. The highest BCUT2D eigenvalue weighted by Gasteiger charge is 2.57. The Hall–Kier alpha value is -1.39. The van der Waals surface area contributed by atoms with Crippen LogP contribution in [0.25, 0.3) is 0 Å². The Morgan fingerprint density at radius 3 is 2.29 bits per heavy atom. The van der Waals surface area contributed by atoms with E-state index in [1.807, 2.05) is 18.7 Å². The fourth-order valence-electron chi connectivity index (χ4n) is 4.72. The van der Waals surface area contributed by atoms with Gasteiger partial charge >= 0.3 is 6.03 Å². The Kier molecular flexibility index (Phi) is 6.21. The lowest BCUT2D eigenvalue weighted by molar-refractivity contribution is -0.147. The predicted molar refractivity (Wildman–Crippen MR) is 104 cm³/mol. The quantitative estimate of drug-likeness (QED) is 0.702. The average Bonchev–Trinajstić information content (AvgIpc) is 2.91. The first kappa shape index (κ1) is 21.3. The molecule has 0 saturated carbocycles. The van der Waals surface area contributed by atoms with E-state index in [0.29, 0.717) is 65.2 Å². The summed E-state index contributed by atoms with van der Waals surface area (Å²) in [5.74, 6) is 0.0121. The molecule has 0 bridgehead atoms. The van der Waals surface area contributed by atoms with Gasteiger partial charge in [0, 0.05) is 44.8 Å². The molecule has 3 amide bonds. The highest BCUT2D eigenvalue weighted by Crippen LogP contribution is 2.46. The summed E-state index contributed by atoms with van der Waals surface area (Å²) in [7, 11) is -3.43. The summed E-state index contributed by atoms with van der Waals surface area (Å²) in [5, 5.41) is 2.90. The summed E-state index contributed by atoms with van der Waals surface area (Å²) >= 11 is 0. The summed E-state index contributed by atoms with van der Waals surface area (Å²) in [6.07, 6.45) is 2.65. The highest BCUT2D eigenvalue weighted by atomic mass is 32.2. The van der Waals surface area contributed by atoms with E-state index in [2.05, 4.69) is 5.32 Å². The molecule has 0 aromatic heterocycles. The van der Waals surface area contributed by atoms with Crippen molar-refractivity contribution in [2.24, 2.45) is 5.41 Å². The van der Waals surface area contributed by atoms with Crippen molar-refractivity contribution in [2.75, 3.05) is 52.2 Å². The first-order chi connectivity index (χ1) is 13.1. The predicted octanol–water partition coefficient (Wildman–Crippen LogP) is 0.0793. The van der Waals surface area contributed by atoms with Gasteiger partial charge in [0.25, 0.3) is 0 Å². The van der Waals surface area contributed by atoms with Gasteiger partial charge in [0.2, 0.25) is 15.9 Å². The highest BCUT2D eigenvalue weighted by molar-refractivity contribution is 7.88. The molecular formula is C18H32N4O5S. The summed E-state index contributed by atoms with van der Waals surface area (Å²) in [6, 6.07) is -0.545. The minimum Gasteiger partial charge on any atom is -0.378 e. The molecule has 9 nitrogen and oxygen atoms in total. The van der Waals surface area contributed by atoms with Crippen LogP contribution in [0.2, 0.25) is 0 Å². The number of ether oxygens (including phenoxy) is 1. The zero-order valence-corrected chi connectivity index (χ0v) is 17.8. The van der Waals surface area contributed by atoms with E-state index in [4.69, 9.17) is 4.74 Å². The van der Waals surface area contributed by atoms with Crippen LogP contribution in [0.3, 0.4) is 0 Å². The van der Waals surface area contributed by atoms with Gasteiger partial charge < -0.3 is 19.9 Å². The minimum absolute atomic E-state index is 0.0121. The lowest BCUT2D eigenvalue weighted by Crippen LogP contribution is -2.54. The van der Waals surface area contributed by atoms with Gasteiger partial charge in [0.1, 0.15) is 0 Å². The number of rotatable bonds is 3. The lowest BCUT2D eigenvalue weighted by atomic mass is 9.75. The molecule has 3 fully saturated rings. The van der Waals surface area contributed by atoms with Crippen LogP contribution < -0.4 is 5.32 Å². The van der Waals surface area contributed by atoms with Crippen molar-refractivity contribution in [3.63, 3.8) is 0 Å². The number of nitrogens with zero attached hydrogens (tertiary/aromatic N) is 3. The van der Waals surface area contributed by atoms with E-state index >= 15 is 0 Å². The van der Waals surface area contributed by atoms with Crippen molar-refractivity contribution in [1.82, 2.24) is 19.4 Å². The maximum absolute atomic E-state index is 13.6. The van der Waals surface area contributed by atoms with Crippen molar-refractivity contribution in [2.45, 2.75) is 45.2 Å². The Bertz CT molecular complexity index is 707. The first-order valence-corrected chi connectivity index (χ1v) is 11.9. The third kappa shape index (κ3) is 4.13. The van der Waals surface area contributed by atoms with E-state index < -0.39 is 21.5 Å². The maximum Gasteiger partial charge on any atom is 0.317 e. The molecule has 3 saturated heterocycles. The van der Waals surface area contributed by atoms with Gasteiger partial charge in [0.15, 0.2) is 0 Å². The first-order valence-electron chi connectivity index (χ1n) is 10.0. The van der Waals surface area contributed by atoms with Crippen LogP contribution in [0.1, 0.15) is 33.1 Å². The second-order valence-corrected chi connectivity index (χ2v) is 10.3. The van der Waals surface area contributed by atoms with Gasteiger partial charge in [-0.15, -0.1) is 0 Å². The van der Waals surface area contributed by atoms with Crippen LogP contribution in [0, 0.1) is 5.41 Å². The van der Waals surface area contributed by atoms with E-state index in [9.17, 15) is 18.0 Å². The second-order valence-electron chi connectivity index (χ2n) is 8.33. The van der Waals surface area contributed by atoms with Gasteiger partial charge in [-0.05, 0) is 33.1 Å². The van der Waals surface area contributed by atoms with E-state index in [1.54, 1.807) is 4.90 Å². The number of sulfonamides is 1. The molecule has 1 N–H and O–H groups in total. The number of carbonyl (C=O) groups excluding carboxylic acids is 2. The average molecular weight is 417 g/mol. The van der Waals surface area contributed by atoms with Gasteiger partial charge in [-0.25, -0.2) is 13.2 Å². The molecule has 10 heteroatoms. The Morgan fingerprint density at radius 1 is 1.04 bits per heavy atom. The molecule has 160 valence electrons. The lowest BCUT2D eigenvalue weighted by Gasteiger charge is -2.39. The topological polar surface area (TPSA) is 99.3 Å². The molecule has 2 atom stereocenters. The Morgan fingerprint density at radius 2 is 1.68 bits per heavy atom.